The molecule has 0 atom stereocenters. The number of aryl methyl sites for hydroxylation is 4. The Bertz CT molecular complexity index is 2960. The van der Waals surface area contributed by atoms with Gasteiger partial charge in [-0.25, -0.2) is 9.59 Å². The Kier molecular flexibility index (Phi) is 12.7. The number of carboxylic acid groups (broad SMARTS) is 2. The van der Waals surface area contributed by atoms with Crippen LogP contribution in [0, 0.1) is 27.7 Å². The van der Waals surface area contributed by atoms with E-state index in [0.29, 0.717) is 35.6 Å². The lowest BCUT2D eigenvalue weighted by atomic mass is 9.84. The van der Waals surface area contributed by atoms with Crippen LogP contribution in [-0.2, 0) is 9.59 Å². The van der Waals surface area contributed by atoms with Crippen molar-refractivity contribution in [3.63, 3.8) is 0 Å². The monoisotopic (exact) mass is 868 g/mol. The average molecular weight is 869 g/mol. The first kappa shape index (κ1) is 44.0. The normalized spacial score (nSPS) is 10.8. The molecule has 0 fully saturated rings. The number of carbonyl (C=O) groups excluding carboxylic acids is 2. The maximum Gasteiger partial charge on any atom is 0.335 e. The number of carbonyl (C=O) groups is 4. The quantitative estimate of drug-likeness (QED) is 0.0817. The van der Waals surface area contributed by atoms with Crippen molar-refractivity contribution in [1.29, 1.82) is 0 Å². The molecule has 0 amide bonds. The van der Waals surface area contributed by atoms with Gasteiger partial charge in [0.1, 0.15) is 11.5 Å². The van der Waals surface area contributed by atoms with Crippen LogP contribution < -0.4 is 9.47 Å². The van der Waals surface area contributed by atoms with E-state index in [2.05, 4.69) is 97.1 Å². The Labute approximate surface area is 382 Å². The van der Waals surface area contributed by atoms with E-state index >= 15 is 0 Å². The van der Waals surface area contributed by atoms with Crippen LogP contribution in [0.1, 0.15) is 65.2 Å². The van der Waals surface area contributed by atoms with Crippen LogP contribution in [0.25, 0.3) is 55.7 Å². The van der Waals surface area contributed by atoms with Gasteiger partial charge in [0.25, 0.3) is 12.9 Å². The lowest BCUT2D eigenvalue weighted by Gasteiger charge is -2.20. The molecule has 0 heterocycles. The summed E-state index contributed by atoms with van der Waals surface area (Å²) in [4.78, 5) is 45.7. The maximum atomic E-state index is 11.8. The van der Waals surface area contributed by atoms with E-state index in [1.54, 1.807) is 38.1 Å². The highest BCUT2D eigenvalue weighted by molar-refractivity contribution is 6.05. The summed E-state index contributed by atoms with van der Waals surface area (Å²) in [7, 11) is 0. The molecule has 0 unspecified atom stereocenters. The van der Waals surface area contributed by atoms with Crippen LogP contribution >= 0.6 is 0 Å². The van der Waals surface area contributed by atoms with Crippen LogP contribution in [0.15, 0.2) is 170 Å². The second-order valence-electron chi connectivity index (χ2n) is 16.1. The Balaban J connectivity index is 1.31. The Morgan fingerprint density at radius 3 is 0.818 bits per heavy atom. The van der Waals surface area contributed by atoms with Crippen LogP contribution in [0.2, 0.25) is 0 Å². The first-order valence-corrected chi connectivity index (χ1v) is 21.2. The van der Waals surface area contributed by atoms with E-state index < -0.39 is 11.9 Å². The molecule has 8 aromatic carbocycles. The molecule has 324 valence electrons. The highest BCUT2D eigenvalue weighted by Crippen LogP contribution is 2.40. The molecule has 8 nitrogen and oxygen atoms in total. The van der Waals surface area contributed by atoms with Crippen molar-refractivity contribution in [2.45, 2.75) is 27.7 Å². The van der Waals surface area contributed by atoms with Crippen molar-refractivity contribution in [2.75, 3.05) is 0 Å². The van der Waals surface area contributed by atoms with Crippen molar-refractivity contribution in [2.24, 2.45) is 0 Å². The topological polar surface area (TPSA) is 127 Å². The average Bonchev–Trinajstić information content (AvgIpc) is 3.32. The molecule has 8 heteroatoms. The van der Waals surface area contributed by atoms with Crippen LogP contribution in [0.3, 0.4) is 0 Å². The predicted octanol–water partition coefficient (Wildman–Crippen LogP) is 13.1. The SMILES string of the molecule is Cc1cc(-c2ccc(C(=C(c3ccc(-c4ccc(C(=O)O)c(C)c4)cc3)c3ccc(-c4ccc(C(=O)O)c(C)c4)cc3)c3ccc(-c4ccc(OC=O)c(C)c4)cc3)cc2)ccc1OC=O. The van der Waals surface area contributed by atoms with Gasteiger partial charge in [0, 0.05) is 0 Å². The van der Waals surface area contributed by atoms with Gasteiger partial charge in [-0.2, -0.15) is 0 Å². The fourth-order valence-electron chi connectivity index (χ4n) is 8.42. The third kappa shape index (κ3) is 9.21. The third-order valence-electron chi connectivity index (χ3n) is 11.9. The molecule has 0 aromatic heterocycles. The highest BCUT2D eigenvalue weighted by Gasteiger charge is 2.19. The summed E-state index contributed by atoms with van der Waals surface area (Å²) in [5.74, 6) is -0.932. The lowest BCUT2D eigenvalue weighted by molar-refractivity contribution is -0.121. The lowest BCUT2D eigenvalue weighted by Crippen LogP contribution is -2.00. The van der Waals surface area contributed by atoms with Gasteiger partial charge in [-0.3, -0.25) is 9.59 Å². The van der Waals surface area contributed by atoms with Gasteiger partial charge in [0.05, 0.1) is 11.1 Å². The van der Waals surface area contributed by atoms with Crippen molar-refractivity contribution >= 4 is 36.0 Å². The molecular formula is C58H44O8. The van der Waals surface area contributed by atoms with Gasteiger partial charge < -0.3 is 19.7 Å². The van der Waals surface area contributed by atoms with E-state index in [0.717, 1.165) is 89.0 Å². The second kappa shape index (κ2) is 19.0. The van der Waals surface area contributed by atoms with Crippen LogP contribution in [-0.4, -0.2) is 35.1 Å². The number of carboxylic acids is 2. The Morgan fingerprint density at radius 1 is 0.348 bits per heavy atom. The zero-order valence-electron chi connectivity index (χ0n) is 36.7. The van der Waals surface area contributed by atoms with E-state index in [4.69, 9.17) is 9.47 Å². The molecule has 8 aromatic rings. The molecule has 2 N–H and O–H groups in total. The molecule has 0 radical (unpaired) electrons. The fourth-order valence-corrected chi connectivity index (χ4v) is 8.42. The minimum atomic E-state index is -0.967. The smallest absolute Gasteiger partial charge is 0.335 e. The van der Waals surface area contributed by atoms with Gasteiger partial charge in [0.2, 0.25) is 0 Å². The minimum Gasteiger partial charge on any atom is -0.478 e. The number of rotatable bonds is 14. The number of hydrogen-bond acceptors (Lipinski definition) is 6. The summed E-state index contributed by atoms with van der Waals surface area (Å²) in [6.45, 7) is 8.25. The fraction of sp³-hybridized carbons (Fsp3) is 0.0690. The minimum absolute atomic E-state index is 0.261. The summed E-state index contributed by atoms with van der Waals surface area (Å²) in [5, 5.41) is 19.3. The van der Waals surface area contributed by atoms with Crippen molar-refractivity contribution in [3.8, 4) is 56.0 Å². The van der Waals surface area contributed by atoms with Gasteiger partial charge in [-0.05, 0) is 164 Å². The number of aromatic carboxylic acids is 2. The highest BCUT2D eigenvalue weighted by atomic mass is 16.5. The van der Waals surface area contributed by atoms with E-state index in [1.807, 2.05) is 62.4 Å². The molecule has 66 heavy (non-hydrogen) atoms. The van der Waals surface area contributed by atoms with E-state index in [9.17, 15) is 29.4 Å². The standard InChI is InChI=1S/C58H44O8/c1-35-29-47(21-25-51(35)57(61)62)39-5-13-43(14-6-39)55(44-15-7-40(8-16-44)48-22-26-52(58(63)64)36(2)30-48)56(45-17-9-41(10-18-45)49-23-27-53(65-33-59)37(3)31-49)46-19-11-42(12-20-46)50-24-28-54(66-34-60)38(4)32-50/h5-34H,1-4H3,(H,61,62)(H,63,64). The first-order valence-electron chi connectivity index (χ1n) is 21.2. The molecule has 0 aliphatic heterocycles. The molecule has 0 bridgehead atoms. The zero-order chi connectivity index (χ0) is 46.5. The summed E-state index contributed by atoms with van der Waals surface area (Å²) in [6.07, 6.45) is 0. The predicted molar refractivity (Wildman–Crippen MR) is 259 cm³/mol. The number of hydrogen-bond donors (Lipinski definition) is 2. The largest absolute Gasteiger partial charge is 0.478 e. The molecule has 0 saturated heterocycles. The molecule has 0 spiro atoms. The zero-order valence-corrected chi connectivity index (χ0v) is 36.7. The summed E-state index contributed by atoms with van der Waals surface area (Å²) < 4.78 is 10.3. The van der Waals surface area contributed by atoms with Gasteiger partial charge in [-0.15, -0.1) is 0 Å². The number of benzene rings is 8. The summed E-state index contributed by atoms with van der Waals surface area (Å²) in [6, 6.07) is 55.5. The van der Waals surface area contributed by atoms with Gasteiger partial charge in [-0.1, -0.05) is 133 Å². The maximum absolute atomic E-state index is 11.8. The molecule has 8 rings (SSSR count). The van der Waals surface area contributed by atoms with Crippen LogP contribution in [0.5, 0.6) is 11.5 Å². The molecular weight excluding hydrogens is 825 g/mol. The van der Waals surface area contributed by atoms with Gasteiger partial charge >= 0.3 is 11.9 Å². The van der Waals surface area contributed by atoms with Crippen molar-refractivity contribution in [1.82, 2.24) is 0 Å². The molecule has 0 aliphatic rings. The van der Waals surface area contributed by atoms with E-state index in [1.165, 1.54) is 0 Å². The van der Waals surface area contributed by atoms with E-state index in [-0.39, 0.29) is 11.1 Å². The van der Waals surface area contributed by atoms with Gasteiger partial charge in [0.15, 0.2) is 0 Å². The Morgan fingerprint density at radius 2 is 0.591 bits per heavy atom. The number of ether oxygens (including phenoxy) is 2. The Hall–Kier alpha value is -8.62. The second-order valence-corrected chi connectivity index (χ2v) is 16.1. The summed E-state index contributed by atoms with van der Waals surface area (Å²) in [5.41, 5.74) is 16.8. The summed E-state index contributed by atoms with van der Waals surface area (Å²) >= 11 is 0. The van der Waals surface area contributed by atoms with Crippen molar-refractivity contribution in [3.05, 3.63) is 225 Å². The molecule has 0 aliphatic carbocycles. The first-order chi connectivity index (χ1) is 31.9. The third-order valence-corrected chi connectivity index (χ3v) is 11.9. The van der Waals surface area contributed by atoms with Crippen molar-refractivity contribution < 1.29 is 38.9 Å². The molecule has 0 saturated carbocycles. The van der Waals surface area contributed by atoms with Crippen LogP contribution in [0.4, 0.5) is 0 Å².